The van der Waals surface area contributed by atoms with Crippen LogP contribution in [0, 0.1) is 5.82 Å². The van der Waals surface area contributed by atoms with Gasteiger partial charge in [-0.1, -0.05) is 0 Å². The Bertz CT molecular complexity index is 499. The van der Waals surface area contributed by atoms with E-state index in [1.54, 1.807) is 6.07 Å². The quantitative estimate of drug-likeness (QED) is 0.837. The van der Waals surface area contributed by atoms with E-state index in [1.165, 1.54) is 31.6 Å². The Kier molecular flexibility index (Phi) is 2.68. The molecule has 0 unspecified atom stereocenters. The molecule has 0 aliphatic heterocycles. The molecule has 1 heterocycles. The van der Waals surface area contributed by atoms with Crippen molar-refractivity contribution in [3.8, 4) is 16.9 Å². The summed E-state index contributed by atoms with van der Waals surface area (Å²) >= 11 is 0. The van der Waals surface area contributed by atoms with Crippen molar-refractivity contribution in [1.29, 1.82) is 0 Å². The summed E-state index contributed by atoms with van der Waals surface area (Å²) in [5.41, 5.74) is 6.64. The molecule has 16 heavy (non-hydrogen) atoms. The Balaban J connectivity index is 2.53. The van der Waals surface area contributed by atoms with Crippen molar-refractivity contribution in [3.05, 3.63) is 36.4 Å². The van der Waals surface area contributed by atoms with Crippen LogP contribution in [0.1, 0.15) is 0 Å². The fourth-order valence-electron chi connectivity index (χ4n) is 1.38. The Morgan fingerprint density at radius 1 is 1.25 bits per heavy atom. The van der Waals surface area contributed by atoms with Gasteiger partial charge in [0, 0.05) is 23.5 Å². The average molecular weight is 219 g/mol. The van der Waals surface area contributed by atoms with Gasteiger partial charge in [-0.25, -0.2) is 14.4 Å². The summed E-state index contributed by atoms with van der Waals surface area (Å²) in [4.78, 5) is 7.70. The molecule has 0 aliphatic rings. The number of nitrogen functional groups attached to an aromatic ring is 1. The van der Waals surface area contributed by atoms with Gasteiger partial charge in [-0.15, -0.1) is 0 Å². The third-order valence-corrected chi connectivity index (χ3v) is 2.14. The van der Waals surface area contributed by atoms with Crippen molar-refractivity contribution in [3.63, 3.8) is 0 Å². The van der Waals surface area contributed by atoms with Gasteiger partial charge in [0.15, 0.2) is 0 Å². The highest BCUT2D eigenvalue weighted by Crippen LogP contribution is 2.29. The number of aromatic nitrogens is 2. The van der Waals surface area contributed by atoms with Gasteiger partial charge >= 0.3 is 0 Å². The molecular formula is C11H10FN3O. The standard InChI is InChI=1S/C11H10FN3O/c1-16-10-3-2-8(12)4-9(10)7-5-14-11(13)15-6-7/h2-6H,1H3,(H2,13,14,15). The summed E-state index contributed by atoms with van der Waals surface area (Å²) < 4.78 is 18.3. The summed E-state index contributed by atoms with van der Waals surface area (Å²) in [5, 5.41) is 0. The molecule has 1 aromatic heterocycles. The van der Waals surface area contributed by atoms with Crippen LogP contribution in [0.3, 0.4) is 0 Å². The predicted octanol–water partition coefficient (Wildman–Crippen LogP) is 1.87. The zero-order chi connectivity index (χ0) is 11.5. The Labute approximate surface area is 91.9 Å². The maximum atomic E-state index is 13.1. The first-order chi connectivity index (χ1) is 7.70. The van der Waals surface area contributed by atoms with Gasteiger partial charge in [-0.3, -0.25) is 0 Å². The zero-order valence-corrected chi connectivity index (χ0v) is 8.64. The van der Waals surface area contributed by atoms with Crippen LogP contribution in [-0.4, -0.2) is 17.1 Å². The van der Waals surface area contributed by atoms with Crippen LogP contribution in [0.4, 0.5) is 10.3 Å². The smallest absolute Gasteiger partial charge is 0.219 e. The molecule has 0 saturated heterocycles. The maximum Gasteiger partial charge on any atom is 0.219 e. The third-order valence-electron chi connectivity index (χ3n) is 2.14. The van der Waals surface area contributed by atoms with Crippen molar-refractivity contribution < 1.29 is 9.13 Å². The topological polar surface area (TPSA) is 61.0 Å². The maximum absolute atomic E-state index is 13.1. The first-order valence-electron chi connectivity index (χ1n) is 4.62. The normalized spacial score (nSPS) is 10.1. The summed E-state index contributed by atoms with van der Waals surface area (Å²) in [6.45, 7) is 0. The summed E-state index contributed by atoms with van der Waals surface area (Å²) in [5.74, 6) is 0.404. The van der Waals surface area contributed by atoms with E-state index >= 15 is 0 Å². The lowest BCUT2D eigenvalue weighted by molar-refractivity contribution is 0.415. The van der Waals surface area contributed by atoms with Gasteiger partial charge in [0.2, 0.25) is 5.95 Å². The number of benzene rings is 1. The van der Waals surface area contributed by atoms with Crippen molar-refractivity contribution in [2.45, 2.75) is 0 Å². The average Bonchev–Trinajstić information content (AvgIpc) is 2.30. The minimum absolute atomic E-state index is 0.180. The second-order valence-electron chi connectivity index (χ2n) is 3.17. The molecule has 0 aliphatic carbocycles. The van der Waals surface area contributed by atoms with Gasteiger partial charge in [0.05, 0.1) is 7.11 Å². The minimum Gasteiger partial charge on any atom is -0.496 e. The molecule has 2 N–H and O–H groups in total. The molecule has 0 radical (unpaired) electrons. The van der Waals surface area contributed by atoms with Crippen LogP contribution in [0.5, 0.6) is 5.75 Å². The van der Waals surface area contributed by atoms with E-state index in [1.807, 2.05) is 0 Å². The van der Waals surface area contributed by atoms with Gasteiger partial charge in [0.25, 0.3) is 0 Å². The highest BCUT2D eigenvalue weighted by atomic mass is 19.1. The number of halogens is 1. The lowest BCUT2D eigenvalue weighted by Gasteiger charge is -2.07. The van der Waals surface area contributed by atoms with Gasteiger partial charge < -0.3 is 10.5 Å². The molecule has 1 aromatic carbocycles. The molecule has 5 heteroatoms. The highest BCUT2D eigenvalue weighted by Gasteiger charge is 2.07. The number of ether oxygens (including phenoxy) is 1. The molecule has 0 bridgehead atoms. The van der Waals surface area contributed by atoms with Gasteiger partial charge in [-0.05, 0) is 18.2 Å². The van der Waals surface area contributed by atoms with E-state index in [4.69, 9.17) is 10.5 Å². The molecule has 4 nitrogen and oxygen atoms in total. The molecule has 0 fully saturated rings. The number of methoxy groups -OCH3 is 1. The number of anilines is 1. The van der Waals surface area contributed by atoms with Gasteiger partial charge in [-0.2, -0.15) is 0 Å². The molecule has 2 aromatic rings. The van der Waals surface area contributed by atoms with E-state index in [0.717, 1.165) is 0 Å². The molecule has 0 amide bonds. The molecule has 0 spiro atoms. The SMILES string of the molecule is COc1ccc(F)cc1-c1cnc(N)nc1. The van der Waals surface area contributed by atoms with Crippen LogP contribution in [0.2, 0.25) is 0 Å². The first kappa shape index (κ1) is 10.4. The first-order valence-corrected chi connectivity index (χ1v) is 4.62. The summed E-state index contributed by atoms with van der Waals surface area (Å²) in [6, 6.07) is 4.26. The van der Waals surface area contributed by atoms with Crippen LogP contribution >= 0.6 is 0 Å². The van der Waals surface area contributed by atoms with E-state index in [2.05, 4.69) is 9.97 Å². The summed E-state index contributed by atoms with van der Waals surface area (Å²) in [6.07, 6.45) is 3.05. The number of nitrogens with zero attached hydrogens (tertiary/aromatic N) is 2. The van der Waals surface area contributed by atoms with Crippen molar-refractivity contribution in [1.82, 2.24) is 9.97 Å². The Morgan fingerprint density at radius 3 is 2.56 bits per heavy atom. The number of nitrogens with two attached hydrogens (primary N) is 1. The predicted molar refractivity (Wildman–Crippen MR) is 58.4 cm³/mol. The van der Waals surface area contributed by atoms with Crippen molar-refractivity contribution in [2.24, 2.45) is 0 Å². The lowest BCUT2D eigenvalue weighted by Crippen LogP contribution is -1.95. The van der Waals surface area contributed by atoms with Crippen molar-refractivity contribution in [2.75, 3.05) is 12.8 Å². The lowest BCUT2D eigenvalue weighted by atomic mass is 10.1. The Hall–Kier alpha value is -2.17. The number of hydrogen-bond acceptors (Lipinski definition) is 4. The molecule has 0 saturated carbocycles. The van der Waals surface area contributed by atoms with Crippen LogP contribution in [-0.2, 0) is 0 Å². The second-order valence-corrected chi connectivity index (χ2v) is 3.17. The van der Waals surface area contributed by atoms with Crippen LogP contribution in [0.25, 0.3) is 11.1 Å². The molecule has 0 atom stereocenters. The largest absolute Gasteiger partial charge is 0.496 e. The van der Waals surface area contributed by atoms with E-state index in [-0.39, 0.29) is 11.8 Å². The van der Waals surface area contributed by atoms with E-state index in [0.29, 0.717) is 16.9 Å². The van der Waals surface area contributed by atoms with E-state index < -0.39 is 0 Å². The van der Waals surface area contributed by atoms with E-state index in [9.17, 15) is 4.39 Å². The number of rotatable bonds is 2. The van der Waals surface area contributed by atoms with Crippen LogP contribution < -0.4 is 10.5 Å². The fourth-order valence-corrected chi connectivity index (χ4v) is 1.38. The molecule has 2 rings (SSSR count). The van der Waals surface area contributed by atoms with Crippen LogP contribution in [0.15, 0.2) is 30.6 Å². The molecular weight excluding hydrogens is 209 g/mol. The number of hydrogen-bond donors (Lipinski definition) is 1. The zero-order valence-electron chi connectivity index (χ0n) is 8.64. The van der Waals surface area contributed by atoms with Gasteiger partial charge in [0.1, 0.15) is 11.6 Å². The highest BCUT2D eigenvalue weighted by molar-refractivity contribution is 5.69. The summed E-state index contributed by atoms with van der Waals surface area (Å²) in [7, 11) is 1.52. The molecule has 82 valence electrons. The second kappa shape index (κ2) is 4.14. The Morgan fingerprint density at radius 2 is 1.94 bits per heavy atom. The third kappa shape index (κ3) is 1.93. The minimum atomic E-state index is -0.340. The monoisotopic (exact) mass is 219 g/mol. The van der Waals surface area contributed by atoms with Crippen molar-refractivity contribution >= 4 is 5.95 Å². The fraction of sp³-hybridized carbons (Fsp3) is 0.0909.